The summed E-state index contributed by atoms with van der Waals surface area (Å²) in [5, 5.41) is 0. The summed E-state index contributed by atoms with van der Waals surface area (Å²) in [7, 11) is 0. The van der Waals surface area contributed by atoms with Gasteiger partial charge in [0.15, 0.2) is 0 Å². The van der Waals surface area contributed by atoms with Gasteiger partial charge in [-0.2, -0.15) is 0 Å². The first kappa shape index (κ1) is 34.6. The average Bonchev–Trinajstić information content (AvgIpc) is 3.92. The summed E-state index contributed by atoms with van der Waals surface area (Å²) in [4.78, 5) is 0. The van der Waals surface area contributed by atoms with Crippen LogP contribution in [0.15, 0.2) is 60.7 Å². The van der Waals surface area contributed by atoms with Crippen molar-refractivity contribution in [1.29, 1.82) is 0 Å². The first-order chi connectivity index (χ1) is 23.8. The molecule has 50 heavy (non-hydrogen) atoms. The molecule has 3 aliphatic heterocycles. The van der Waals surface area contributed by atoms with Gasteiger partial charge in [0, 0.05) is 10.8 Å². The highest BCUT2D eigenvalue weighted by atomic mass is 16.6. The van der Waals surface area contributed by atoms with E-state index in [9.17, 15) is 0 Å². The zero-order valence-corrected chi connectivity index (χ0v) is 31.2. The largest absolute Gasteiger partial charge is 0.490 e. The van der Waals surface area contributed by atoms with Gasteiger partial charge in [-0.3, -0.25) is 0 Å². The molecule has 3 saturated heterocycles. The van der Waals surface area contributed by atoms with E-state index in [0.29, 0.717) is 19.8 Å². The van der Waals surface area contributed by atoms with Gasteiger partial charge < -0.3 is 28.4 Å². The summed E-state index contributed by atoms with van der Waals surface area (Å²) in [5.41, 5.74) is 12.4. The zero-order chi connectivity index (χ0) is 35.4. The molecule has 0 aliphatic carbocycles. The fraction of sp³-hybridized carbons (Fsp3) is 0.455. The number of epoxide rings is 3. The van der Waals surface area contributed by atoms with Crippen molar-refractivity contribution in [3.63, 3.8) is 0 Å². The van der Waals surface area contributed by atoms with Crippen molar-refractivity contribution >= 4 is 0 Å². The second-order valence-electron chi connectivity index (χ2n) is 15.4. The highest BCUT2D eigenvalue weighted by Gasteiger charge is 2.35. The molecule has 264 valence electrons. The van der Waals surface area contributed by atoms with E-state index in [0.717, 1.165) is 70.4 Å². The minimum Gasteiger partial charge on any atom is -0.490 e. The van der Waals surface area contributed by atoms with Crippen molar-refractivity contribution in [3.8, 4) is 17.2 Å². The maximum Gasteiger partial charge on any atom is 0.125 e. The molecule has 0 spiro atoms. The number of aryl methyl sites for hydroxylation is 6. The molecule has 0 saturated carbocycles. The van der Waals surface area contributed by atoms with Gasteiger partial charge in [0.05, 0.1) is 19.8 Å². The number of benzene rings is 4. The Bertz CT molecular complexity index is 1740. The third-order valence-corrected chi connectivity index (χ3v) is 10.9. The Balaban J connectivity index is 1.25. The van der Waals surface area contributed by atoms with E-state index in [4.69, 9.17) is 28.4 Å². The highest BCUT2D eigenvalue weighted by molar-refractivity contribution is 5.58. The van der Waals surface area contributed by atoms with Gasteiger partial charge in [0.2, 0.25) is 0 Å². The number of hydrogen-bond acceptors (Lipinski definition) is 6. The summed E-state index contributed by atoms with van der Waals surface area (Å²) in [6, 6.07) is 23.0. The predicted molar refractivity (Wildman–Crippen MR) is 198 cm³/mol. The molecule has 3 unspecified atom stereocenters. The fourth-order valence-electron chi connectivity index (χ4n) is 7.38. The van der Waals surface area contributed by atoms with Crippen LogP contribution in [-0.4, -0.2) is 58.0 Å². The van der Waals surface area contributed by atoms with E-state index >= 15 is 0 Å². The molecule has 0 amide bonds. The highest BCUT2D eigenvalue weighted by Crippen LogP contribution is 2.45. The lowest BCUT2D eigenvalue weighted by atomic mass is 9.69. The van der Waals surface area contributed by atoms with Crippen LogP contribution < -0.4 is 14.2 Å². The molecule has 3 heterocycles. The summed E-state index contributed by atoms with van der Waals surface area (Å²) < 4.78 is 34.9. The molecule has 3 fully saturated rings. The van der Waals surface area contributed by atoms with Gasteiger partial charge in [-0.15, -0.1) is 0 Å². The van der Waals surface area contributed by atoms with Crippen LogP contribution in [0.1, 0.15) is 82.0 Å². The van der Waals surface area contributed by atoms with Crippen molar-refractivity contribution in [2.75, 3.05) is 39.6 Å². The third-order valence-electron chi connectivity index (χ3n) is 10.9. The van der Waals surface area contributed by atoms with Gasteiger partial charge in [-0.05, 0) is 110 Å². The molecule has 0 radical (unpaired) electrons. The normalized spacial score (nSPS) is 20.6. The SMILES string of the molecule is Cc1cc(C(C)(C)c2ccc(C(C)(c3cc(C)c(OCC4CO4)c(C)c3)c3cc(C)c(OCC4CO4)c(C)c3)cc2)cc(C)c1OCC1CO1. The second kappa shape index (κ2) is 13.4. The smallest absolute Gasteiger partial charge is 0.125 e. The standard InChI is InChI=1S/C44H52O6/c1-26-14-34(15-27(2)40(26)48-23-37-20-45-37)43(7,8)32-10-12-33(13-11-32)44(9,35-16-28(3)41(29(4)17-35)49-24-38-21-46-38)36-18-30(5)42(31(6)19-36)50-25-39-22-47-39/h10-19,37-39H,20-25H2,1-9H3. The molecular formula is C44H52O6. The van der Waals surface area contributed by atoms with Crippen molar-refractivity contribution in [1.82, 2.24) is 0 Å². The Morgan fingerprint density at radius 3 is 1.04 bits per heavy atom. The first-order valence-corrected chi connectivity index (χ1v) is 18.0. The van der Waals surface area contributed by atoms with Crippen LogP contribution in [0.3, 0.4) is 0 Å². The molecule has 6 heteroatoms. The Kier molecular flexibility index (Phi) is 9.25. The minimum absolute atomic E-state index is 0.209. The number of ether oxygens (including phenoxy) is 6. The van der Waals surface area contributed by atoms with Gasteiger partial charge in [0.1, 0.15) is 55.4 Å². The Hall–Kier alpha value is -3.84. The Morgan fingerprint density at radius 2 is 0.740 bits per heavy atom. The fourth-order valence-corrected chi connectivity index (χ4v) is 7.38. The van der Waals surface area contributed by atoms with Crippen LogP contribution in [0.25, 0.3) is 0 Å². The lowest BCUT2D eigenvalue weighted by Gasteiger charge is -2.35. The maximum absolute atomic E-state index is 6.26. The molecule has 4 aromatic rings. The summed E-state index contributed by atoms with van der Waals surface area (Å²) in [6.45, 7) is 24.0. The van der Waals surface area contributed by atoms with Crippen LogP contribution in [0, 0.1) is 41.5 Å². The van der Waals surface area contributed by atoms with Crippen LogP contribution >= 0.6 is 0 Å². The molecule has 6 nitrogen and oxygen atoms in total. The van der Waals surface area contributed by atoms with Gasteiger partial charge in [-0.1, -0.05) is 74.5 Å². The molecule has 0 bridgehead atoms. The van der Waals surface area contributed by atoms with Crippen LogP contribution in [-0.2, 0) is 25.0 Å². The van der Waals surface area contributed by atoms with Gasteiger partial charge >= 0.3 is 0 Å². The van der Waals surface area contributed by atoms with Crippen LogP contribution in [0.2, 0.25) is 0 Å². The summed E-state index contributed by atoms with van der Waals surface area (Å²) in [6.07, 6.45) is 0.652. The van der Waals surface area contributed by atoms with E-state index in [1.807, 2.05) is 0 Å². The Labute approximate surface area is 298 Å². The Morgan fingerprint density at radius 1 is 0.460 bits per heavy atom. The zero-order valence-electron chi connectivity index (χ0n) is 31.2. The number of rotatable bonds is 14. The number of hydrogen-bond donors (Lipinski definition) is 0. The van der Waals surface area contributed by atoms with Crippen molar-refractivity contribution < 1.29 is 28.4 Å². The van der Waals surface area contributed by atoms with Gasteiger partial charge in [0.25, 0.3) is 0 Å². The minimum atomic E-state index is -0.443. The van der Waals surface area contributed by atoms with Crippen molar-refractivity contribution in [3.05, 3.63) is 122 Å². The van der Waals surface area contributed by atoms with E-state index in [-0.39, 0.29) is 23.7 Å². The lowest BCUT2D eigenvalue weighted by molar-refractivity contribution is 0.260. The van der Waals surface area contributed by atoms with Crippen LogP contribution in [0.5, 0.6) is 17.2 Å². The molecule has 3 atom stereocenters. The van der Waals surface area contributed by atoms with E-state index in [1.165, 1.54) is 27.8 Å². The monoisotopic (exact) mass is 676 g/mol. The molecule has 7 rings (SSSR count). The van der Waals surface area contributed by atoms with Gasteiger partial charge in [-0.25, -0.2) is 0 Å². The second-order valence-corrected chi connectivity index (χ2v) is 15.4. The molecular weight excluding hydrogens is 624 g/mol. The lowest BCUT2D eigenvalue weighted by Crippen LogP contribution is -2.27. The molecule has 0 N–H and O–H groups in total. The maximum atomic E-state index is 6.26. The first-order valence-electron chi connectivity index (χ1n) is 18.0. The quantitative estimate of drug-likeness (QED) is 0.0986. The van der Waals surface area contributed by atoms with E-state index in [2.05, 4.69) is 123 Å². The van der Waals surface area contributed by atoms with Crippen LogP contribution in [0.4, 0.5) is 0 Å². The summed E-state index contributed by atoms with van der Waals surface area (Å²) in [5.74, 6) is 2.87. The topological polar surface area (TPSA) is 65.3 Å². The average molecular weight is 677 g/mol. The van der Waals surface area contributed by atoms with E-state index in [1.54, 1.807) is 0 Å². The molecule has 3 aliphatic rings. The summed E-state index contributed by atoms with van der Waals surface area (Å²) >= 11 is 0. The molecule has 4 aromatic carbocycles. The van der Waals surface area contributed by atoms with E-state index < -0.39 is 5.41 Å². The molecule has 0 aromatic heterocycles. The van der Waals surface area contributed by atoms with Crippen molar-refractivity contribution in [2.45, 2.75) is 91.5 Å². The predicted octanol–water partition coefficient (Wildman–Crippen LogP) is 8.55. The third kappa shape index (κ3) is 7.03. The van der Waals surface area contributed by atoms with Crippen molar-refractivity contribution in [2.24, 2.45) is 0 Å².